The number of rotatable bonds is 5. The highest BCUT2D eigenvalue weighted by molar-refractivity contribution is 6.00. The van der Waals surface area contributed by atoms with Crippen molar-refractivity contribution >= 4 is 28.5 Å². The number of nitrogens with zero attached hydrogens (tertiary/aromatic N) is 4. The zero-order chi connectivity index (χ0) is 22.1. The Kier molecular flexibility index (Phi) is 5.20. The fourth-order valence-electron chi connectivity index (χ4n) is 3.28. The van der Waals surface area contributed by atoms with Gasteiger partial charge in [-0.2, -0.15) is 5.10 Å². The molecule has 0 unspecified atom stereocenters. The van der Waals surface area contributed by atoms with Crippen LogP contribution < -0.4 is 11.5 Å². The number of esters is 1. The summed E-state index contributed by atoms with van der Waals surface area (Å²) in [5.41, 5.74) is 12.4. The number of nitrogen functional groups attached to an aromatic ring is 2. The lowest BCUT2D eigenvalue weighted by atomic mass is 10.1. The third kappa shape index (κ3) is 3.63. The number of hydrogen-bond donors (Lipinski definition) is 2. The van der Waals surface area contributed by atoms with Crippen LogP contribution in [0.2, 0.25) is 0 Å². The van der Waals surface area contributed by atoms with Crippen molar-refractivity contribution in [3.63, 3.8) is 0 Å². The normalized spacial score (nSPS) is 11.1. The summed E-state index contributed by atoms with van der Waals surface area (Å²) in [6.07, 6.45) is 0. The van der Waals surface area contributed by atoms with Crippen molar-refractivity contribution in [2.75, 3.05) is 18.1 Å². The topological polar surface area (TPSA) is 122 Å². The summed E-state index contributed by atoms with van der Waals surface area (Å²) in [5, 5.41) is 4.80. The van der Waals surface area contributed by atoms with Gasteiger partial charge >= 0.3 is 5.97 Å². The Hall–Kier alpha value is -4.08. The second-order valence-corrected chi connectivity index (χ2v) is 6.65. The van der Waals surface area contributed by atoms with E-state index in [2.05, 4.69) is 15.1 Å². The quantitative estimate of drug-likeness (QED) is 0.472. The van der Waals surface area contributed by atoms with E-state index in [0.717, 1.165) is 0 Å². The summed E-state index contributed by atoms with van der Waals surface area (Å²) >= 11 is 0. The number of fused-ring (bicyclic) bond motifs is 1. The third-order valence-corrected chi connectivity index (χ3v) is 4.66. The predicted octanol–water partition coefficient (Wildman–Crippen LogP) is 3.16. The van der Waals surface area contributed by atoms with Crippen molar-refractivity contribution in [2.45, 2.75) is 13.5 Å². The zero-order valence-corrected chi connectivity index (χ0v) is 16.5. The number of halogens is 2. The maximum Gasteiger partial charge on any atom is 0.345 e. The molecule has 2 aromatic heterocycles. The van der Waals surface area contributed by atoms with Gasteiger partial charge in [0.15, 0.2) is 5.82 Å². The number of carbonyl (C=O) groups excluding carboxylic acids is 1. The van der Waals surface area contributed by atoms with Gasteiger partial charge in [0.05, 0.1) is 13.2 Å². The van der Waals surface area contributed by atoms with E-state index in [1.54, 1.807) is 31.2 Å². The highest BCUT2D eigenvalue weighted by atomic mass is 19.1. The number of nitrogens with two attached hydrogens (primary N) is 2. The Balaban J connectivity index is 1.87. The standard InChI is InChI=1S/C21H18F2N6O2/c1-2-31-21(30)15-18(24)26-20(27-19(15)25)16-12-7-5-9-14(23)17(12)29(28-16)10-11-6-3-4-8-13(11)22/h3-9H,2,10H2,1H3,(H4,24,25,26,27). The van der Waals surface area contributed by atoms with Crippen LogP contribution in [0.25, 0.3) is 22.4 Å². The molecule has 0 bridgehead atoms. The first-order valence-electron chi connectivity index (χ1n) is 9.39. The molecule has 0 amide bonds. The van der Waals surface area contributed by atoms with Gasteiger partial charge in [-0.05, 0) is 19.1 Å². The van der Waals surface area contributed by atoms with Crippen molar-refractivity contribution in [2.24, 2.45) is 0 Å². The molecule has 2 aromatic carbocycles. The van der Waals surface area contributed by atoms with Gasteiger partial charge in [-0.1, -0.05) is 30.3 Å². The molecule has 4 aromatic rings. The fraction of sp³-hybridized carbons (Fsp3) is 0.143. The smallest absolute Gasteiger partial charge is 0.345 e. The van der Waals surface area contributed by atoms with E-state index in [4.69, 9.17) is 16.2 Å². The minimum Gasteiger partial charge on any atom is -0.462 e. The third-order valence-electron chi connectivity index (χ3n) is 4.66. The number of para-hydroxylation sites is 1. The average molecular weight is 424 g/mol. The minimum atomic E-state index is -0.745. The number of carbonyl (C=O) groups is 1. The maximum atomic E-state index is 14.7. The van der Waals surface area contributed by atoms with Crippen LogP contribution in [0.1, 0.15) is 22.8 Å². The van der Waals surface area contributed by atoms with Crippen LogP contribution in [0.4, 0.5) is 20.4 Å². The van der Waals surface area contributed by atoms with Gasteiger partial charge in [0.1, 0.15) is 40.0 Å². The van der Waals surface area contributed by atoms with Crippen LogP contribution in [-0.4, -0.2) is 32.3 Å². The van der Waals surface area contributed by atoms with Crippen LogP contribution in [0.15, 0.2) is 42.5 Å². The second kappa shape index (κ2) is 7.98. The van der Waals surface area contributed by atoms with E-state index in [9.17, 15) is 13.6 Å². The van der Waals surface area contributed by atoms with Gasteiger partial charge in [0.25, 0.3) is 0 Å². The molecule has 8 nitrogen and oxygen atoms in total. The number of ether oxygens (including phenoxy) is 1. The molecular formula is C21H18F2N6O2. The van der Waals surface area contributed by atoms with E-state index < -0.39 is 17.6 Å². The molecule has 4 rings (SSSR count). The summed E-state index contributed by atoms with van der Waals surface area (Å²) in [6, 6.07) is 10.6. The molecule has 0 aliphatic rings. The molecule has 0 aliphatic heterocycles. The van der Waals surface area contributed by atoms with Crippen molar-refractivity contribution in [3.8, 4) is 11.5 Å². The summed E-state index contributed by atoms with van der Waals surface area (Å²) < 4.78 is 35.1. The van der Waals surface area contributed by atoms with E-state index in [1.807, 2.05) is 0 Å². The molecule has 0 radical (unpaired) electrons. The van der Waals surface area contributed by atoms with E-state index in [-0.39, 0.29) is 47.4 Å². The largest absolute Gasteiger partial charge is 0.462 e. The molecule has 2 heterocycles. The van der Waals surface area contributed by atoms with Gasteiger partial charge < -0.3 is 16.2 Å². The molecule has 0 fully saturated rings. The molecule has 0 spiro atoms. The van der Waals surface area contributed by atoms with Crippen LogP contribution in [0.5, 0.6) is 0 Å². The lowest BCUT2D eigenvalue weighted by Gasteiger charge is -2.08. The van der Waals surface area contributed by atoms with Crippen LogP contribution in [0.3, 0.4) is 0 Å². The Labute approximate surface area is 175 Å². The first kappa shape index (κ1) is 20.2. The number of hydrogen-bond acceptors (Lipinski definition) is 7. The summed E-state index contributed by atoms with van der Waals surface area (Å²) in [5.74, 6) is -2.09. The van der Waals surface area contributed by atoms with Crippen molar-refractivity contribution in [3.05, 3.63) is 65.2 Å². The molecule has 4 N–H and O–H groups in total. The van der Waals surface area contributed by atoms with Crippen molar-refractivity contribution in [1.82, 2.24) is 19.7 Å². The molecule has 0 saturated heterocycles. The Morgan fingerprint density at radius 1 is 1.03 bits per heavy atom. The van der Waals surface area contributed by atoms with Gasteiger partial charge in [0.2, 0.25) is 0 Å². The average Bonchev–Trinajstić information content (AvgIpc) is 3.09. The SMILES string of the molecule is CCOC(=O)c1c(N)nc(-c2nn(Cc3ccccc3F)c3c(F)cccc23)nc1N. The predicted molar refractivity (Wildman–Crippen MR) is 111 cm³/mol. The maximum absolute atomic E-state index is 14.7. The minimum absolute atomic E-state index is 0.00549. The highest BCUT2D eigenvalue weighted by Crippen LogP contribution is 2.30. The number of aromatic nitrogens is 4. The van der Waals surface area contributed by atoms with Crippen molar-refractivity contribution in [1.29, 1.82) is 0 Å². The van der Waals surface area contributed by atoms with E-state index in [0.29, 0.717) is 10.9 Å². The molecule has 0 aliphatic carbocycles. The molecule has 0 saturated carbocycles. The van der Waals surface area contributed by atoms with Crippen LogP contribution in [-0.2, 0) is 11.3 Å². The first-order valence-corrected chi connectivity index (χ1v) is 9.39. The Bertz CT molecular complexity index is 1280. The first-order chi connectivity index (χ1) is 14.9. The van der Waals surface area contributed by atoms with Crippen LogP contribution in [0, 0.1) is 11.6 Å². The van der Waals surface area contributed by atoms with Gasteiger partial charge in [-0.25, -0.2) is 23.5 Å². The van der Waals surface area contributed by atoms with Crippen LogP contribution >= 0.6 is 0 Å². The van der Waals surface area contributed by atoms with Gasteiger partial charge in [-0.3, -0.25) is 4.68 Å². The summed E-state index contributed by atoms with van der Waals surface area (Å²) in [6.45, 7) is 1.75. The van der Waals surface area contributed by atoms with Crippen molar-refractivity contribution < 1.29 is 18.3 Å². The lowest BCUT2D eigenvalue weighted by molar-refractivity contribution is 0.0528. The van der Waals surface area contributed by atoms with E-state index in [1.165, 1.54) is 22.9 Å². The van der Waals surface area contributed by atoms with E-state index >= 15 is 0 Å². The summed E-state index contributed by atoms with van der Waals surface area (Å²) in [4.78, 5) is 20.3. The number of benzene rings is 2. The van der Waals surface area contributed by atoms with Gasteiger partial charge in [0, 0.05) is 10.9 Å². The summed E-state index contributed by atoms with van der Waals surface area (Å²) in [7, 11) is 0. The monoisotopic (exact) mass is 424 g/mol. The second-order valence-electron chi connectivity index (χ2n) is 6.65. The highest BCUT2D eigenvalue weighted by Gasteiger charge is 2.23. The Morgan fingerprint density at radius 2 is 1.71 bits per heavy atom. The molecule has 158 valence electrons. The molecule has 0 atom stereocenters. The molecular weight excluding hydrogens is 406 g/mol. The number of anilines is 2. The lowest BCUT2D eigenvalue weighted by Crippen LogP contribution is -2.15. The van der Waals surface area contributed by atoms with Gasteiger partial charge in [-0.15, -0.1) is 0 Å². The fourth-order valence-corrected chi connectivity index (χ4v) is 3.28. The molecule has 31 heavy (non-hydrogen) atoms. The molecule has 10 heteroatoms. The zero-order valence-electron chi connectivity index (χ0n) is 16.5. The Morgan fingerprint density at radius 3 is 2.39 bits per heavy atom.